The number of esters is 1. The molecular weight excluding hydrogens is 446 g/mol. The van der Waals surface area contributed by atoms with Gasteiger partial charge in [-0.3, -0.25) is 19.4 Å². The Morgan fingerprint density at radius 2 is 1.76 bits per heavy atom. The van der Waals surface area contributed by atoms with E-state index in [9.17, 15) is 22.8 Å². The van der Waals surface area contributed by atoms with E-state index in [1.165, 1.54) is 12.1 Å². The Labute approximate surface area is 194 Å². The Bertz CT molecular complexity index is 1040. The zero-order chi connectivity index (χ0) is 24.3. The number of pyridine rings is 1. The monoisotopic (exact) mass is 475 g/mol. The second-order valence-electron chi connectivity index (χ2n) is 7.52. The van der Waals surface area contributed by atoms with Crippen molar-refractivity contribution < 1.29 is 27.5 Å². The lowest BCUT2D eigenvalue weighted by Gasteiger charge is -2.11. The van der Waals surface area contributed by atoms with Gasteiger partial charge in [0.25, 0.3) is 11.8 Å². The Balaban J connectivity index is 1.79. The maximum absolute atomic E-state index is 12.2. The second-order valence-corrected chi connectivity index (χ2v) is 9.36. The number of benzene rings is 1. The molecule has 1 aromatic heterocycles. The largest absolute Gasteiger partial charge is 0.461 e. The minimum atomic E-state index is -3.80. The Morgan fingerprint density at radius 1 is 1.03 bits per heavy atom. The molecule has 0 spiro atoms. The molecule has 178 valence electrons. The predicted molar refractivity (Wildman–Crippen MR) is 123 cm³/mol. The predicted octanol–water partition coefficient (Wildman–Crippen LogP) is 2.24. The van der Waals surface area contributed by atoms with E-state index in [-0.39, 0.29) is 29.7 Å². The van der Waals surface area contributed by atoms with E-state index < -0.39 is 27.8 Å². The number of nitrogens with zero attached hydrogens (tertiary/aromatic N) is 1. The molecule has 0 bridgehead atoms. The molecule has 2 rings (SSSR count). The van der Waals surface area contributed by atoms with E-state index in [4.69, 9.17) is 4.74 Å². The van der Waals surface area contributed by atoms with Crippen LogP contribution < -0.4 is 10.0 Å². The van der Waals surface area contributed by atoms with Crippen LogP contribution in [-0.4, -0.2) is 49.6 Å². The van der Waals surface area contributed by atoms with Crippen molar-refractivity contribution in [2.45, 2.75) is 45.6 Å². The lowest BCUT2D eigenvalue weighted by molar-refractivity contribution is -0.147. The van der Waals surface area contributed by atoms with Crippen molar-refractivity contribution in [2.75, 3.05) is 12.3 Å². The SMILES string of the molecule is CC[C@@H](C)OC(=O)CNC(=O)c1ccc(C(=O)NS(=O)(=O)CCCCc2ccccc2)cn1. The van der Waals surface area contributed by atoms with E-state index >= 15 is 0 Å². The topological polar surface area (TPSA) is 132 Å². The number of nitrogens with one attached hydrogen (secondary N) is 2. The van der Waals surface area contributed by atoms with Crippen molar-refractivity contribution in [1.82, 2.24) is 15.0 Å². The van der Waals surface area contributed by atoms with Crippen molar-refractivity contribution >= 4 is 27.8 Å². The third kappa shape index (κ3) is 9.40. The number of hydrogen-bond donors (Lipinski definition) is 2. The fourth-order valence-corrected chi connectivity index (χ4v) is 3.86. The molecule has 33 heavy (non-hydrogen) atoms. The number of hydrogen-bond acceptors (Lipinski definition) is 7. The molecule has 2 amide bonds. The van der Waals surface area contributed by atoms with Crippen LogP contribution in [0.15, 0.2) is 48.7 Å². The molecule has 0 unspecified atom stereocenters. The fourth-order valence-electron chi connectivity index (χ4n) is 2.77. The number of unbranched alkanes of at least 4 members (excludes halogenated alkanes) is 1. The Hall–Kier alpha value is -3.27. The summed E-state index contributed by atoms with van der Waals surface area (Å²) in [4.78, 5) is 39.8. The van der Waals surface area contributed by atoms with Gasteiger partial charge in [-0.15, -0.1) is 0 Å². The summed E-state index contributed by atoms with van der Waals surface area (Å²) in [6.45, 7) is 3.31. The van der Waals surface area contributed by atoms with E-state index in [1.54, 1.807) is 6.92 Å². The number of aryl methyl sites for hydroxylation is 1. The minimum absolute atomic E-state index is 0.00408. The average Bonchev–Trinajstić information content (AvgIpc) is 2.80. The molecular formula is C23H29N3O6S. The van der Waals surface area contributed by atoms with Crippen LogP contribution in [0.3, 0.4) is 0 Å². The molecule has 0 fully saturated rings. The summed E-state index contributed by atoms with van der Waals surface area (Å²) in [5.74, 6) is -2.18. The van der Waals surface area contributed by atoms with Crippen molar-refractivity contribution in [2.24, 2.45) is 0 Å². The van der Waals surface area contributed by atoms with Crippen LogP contribution in [0.25, 0.3) is 0 Å². The van der Waals surface area contributed by atoms with Crippen LogP contribution in [0, 0.1) is 0 Å². The van der Waals surface area contributed by atoms with Gasteiger partial charge in [0.2, 0.25) is 10.0 Å². The van der Waals surface area contributed by atoms with Crippen LogP contribution in [0.1, 0.15) is 59.5 Å². The van der Waals surface area contributed by atoms with Crippen molar-refractivity contribution in [3.63, 3.8) is 0 Å². The number of carbonyl (C=O) groups excluding carboxylic acids is 3. The maximum Gasteiger partial charge on any atom is 0.325 e. The molecule has 2 N–H and O–H groups in total. The van der Waals surface area contributed by atoms with Gasteiger partial charge in [0.1, 0.15) is 12.2 Å². The first-order valence-corrected chi connectivity index (χ1v) is 12.4. The Morgan fingerprint density at radius 3 is 2.39 bits per heavy atom. The summed E-state index contributed by atoms with van der Waals surface area (Å²) in [6.07, 6.45) is 3.36. The van der Waals surface area contributed by atoms with Crippen molar-refractivity contribution in [3.8, 4) is 0 Å². The van der Waals surface area contributed by atoms with E-state index in [1.807, 2.05) is 42.0 Å². The molecule has 2 aromatic rings. The second kappa shape index (κ2) is 12.7. The summed E-state index contributed by atoms with van der Waals surface area (Å²) in [5, 5.41) is 2.38. The number of amides is 2. The van der Waals surface area contributed by atoms with Gasteiger partial charge in [0.05, 0.1) is 17.4 Å². The molecule has 1 heterocycles. The summed E-state index contributed by atoms with van der Waals surface area (Å²) < 4.78 is 31.4. The highest BCUT2D eigenvalue weighted by Crippen LogP contribution is 2.07. The van der Waals surface area contributed by atoms with Gasteiger partial charge in [-0.05, 0) is 50.3 Å². The zero-order valence-electron chi connectivity index (χ0n) is 18.7. The highest BCUT2D eigenvalue weighted by atomic mass is 32.2. The highest BCUT2D eigenvalue weighted by molar-refractivity contribution is 7.90. The minimum Gasteiger partial charge on any atom is -0.461 e. The fraction of sp³-hybridized carbons (Fsp3) is 0.391. The van der Waals surface area contributed by atoms with Gasteiger partial charge in [0.15, 0.2) is 0 Å². The van der Waals surface area contributed by atoms with E-state index in [0.29, 0.717) is 19.3 Å². The molecule has 9 nitrogen and oxygen atoms in total. The summed E-state index contributed by atoms with van der Waals surface area (Å²) in [5.41, 5.74) is 1.10. The molecule has 10 heteroatoms. The van der Waals surface area contributed by atoms with Crippen LogP contribution in [-0.2, 0) is 26.0 Å². The van der Waals surface area contributed by atoms with Crippen LogP contribution in [0.4, 0.5) is 0 Å². The summed E-state index contributed by atoms with van der Waals surface area (Å²) in [7, 11) is -3.80. The zero-order valence-corrected chi connectivity index (χ0v) is 19.6. The number of carbonyl (C=O) groups is 3. The molecule has 1 aromatic carbocycles. The lowest BCUT2D eigenvalue weighted by atomic mass is 10.1. The molecule has 0 aliphatic heterocycles. The van der Waals surface area contributed by atoms with Gasteiger partial charge in [0, 0.05) is 6.20 Å². The standard InChI is InChI=1S/C23H29N3O6S/c1-3-17(2)32-21(27)16-25-23(29)20-13-12-19(15-24-20)22(28)26-33(30,31)14-8-7-11-18-9-5-4-6-10-18/h4-6,9-10,12-13,15,17H,3,7-8,11,14,16H2,1-2H3,(H,25,29)(H,26,28)/t17-/m1/s1. The van der Waals surface area contributed by atoms with Gasteiger partial charge >= 0.3 is 5.97 Å². The molecule has 1 atom stereocenters. The highest BCUT2D eigenvalue weighted by Gasteiger charge is 2.17. The third-order valence-corrected chi connectivity index (χ3v) is 6.10. The van der Waals surface area contributed by atoms with E-state index in [0.717, 1.165) is 18.2 Å². The summed E-state index contributed by atoms with van der Waals surface area (Å²) >= 11 is 0. The van der Waals surface area contributed by atoms with Gasteiger partial charge < -0.3 is 10.1 Å². The van der Waals surface area contributed by atoms with Crippen LogP contribution in [0.2, 0.25) is 0 Å². The Kier molecular flexibility index (Phi) is 9.99. The van der Waals surface area contributed by atoms with Gasteiger partial charge in [-0.2, -0.15) is 0 Å². The molecule has 0 saturated carbocycles. The first-order chi connectivity index (χ1) is 15.7. The number of ether oxygens (including phenoxy) is 1. The molecule has 0 radical (unpaired) electrons. The first kappa shape index (κ1) is 26.0. The van der Waals surface area contributed by atoms with Gasteiger partial charge in [-0.25, -0.2) is 13.1 Å². The lowest BCUT2D eigenvalue weighted by Crippen LogP contribution is -2.33. The smallest absolute Gasteiger partial charge is 0.325 e. The number of sulfonamides is 1. The summed E-state index contributed by atoms with van der Waals surface area (Å²) in [6, 6.07) is 12.3. The van der Waals surface area contributed by atoms with Crippen molar-refractivity contribution in [3.05, 3.63) is 65.5 Å². The normalized spacial score (nSPS) is 11.9. The average molecular weight is 476 g/mol. The number of rotatable bonds is 12. The van der Waals surface area contributed by atoms with E-state index in [2.05, 4.69) is 10.3 Å². The third-order valence-electron chi connectivity index (χ3n) is 4.78. The molecule has 0 aliphatic carbocycles. The molecule has 0 saturated heterocycles. The number of aromatic nitrogens is 1. The van der Waals surface area contributed by atoms with Crippen molar-refractivity contribution in [1.29, 1.82) is 0 Å². The molecule has 0 aliphatic rings. The van der Waals surface area contributed by atoms with Gasteiger partial charge in [-0.1, -0.05) is 37.3 Å². The van der Waals surface area contributed by atoms with Crippen LogP contribution >= 0.6 is 0 Å². The quantitative estimate of drug-likeness (QED) is 0.355. The van der Waals surface area contributed by atoms with Crippen LogP contribution in [0.5, 0.6) is 0 Å². The maximum atomic E-state index is 12.2. The first-order valence-electron chi connectivity index (χ1n) is 10.7.